The molecule has 0 amide bonds. The number of ketones is 1. The van der Waals surface area contributed by atoms with Crippen molar-refractivity contribution in [1.82, 2.24) is 4.57 Å². The van der Waals surface area contributed by atoms with Crippen LogP contribution < -0.4 is 10.5 Å². The van der Waals surface area contributed by atoms with Gasteiger partial charge in [-0.2, -0.15) is 0 Å². The Hall–Kier alpha value is -1.81. The molecule has 4 heteroatoms. The summed E-state index contributed by atoms with van der Waals surface area (Å²) in [6.45, 7) is 0.0203. The monoisotopic (exact) mass is 218 g/mol. The molecule has 0 fully saturated rings. The van der Waals surface area contributed by atoms with Crippen LogP contribution in [0, 0.1) is 0 Å². The zero-order valence-electron chi connectivity index (χ0n) is 9.36. The second-order valence-electron chi connectivity index (χ2n) is 3.61. The van der Waals surface area contributed by atoms with Crippen molar-refractivity contribution in [3.8, 4) is 5.75 Å². The second kappa shape index (κ2) is 3.98. The molecule has 0 aliphatic rings. The number of aromatic nitrogens is 1. The maximum absolute atomic E-state index is 11.6. The molecule has 1 heterocycles. The van der Waals surface area contributed by atoms with Gasteiger partial charge in [-0.3, -0.25) is 4.79 Å². The molecule has 4 nitrogen and oxygen atoms in total. The van der Waals surface area contributed by atoms with Crippen molar-refractivity contribution >= 4 is 16.7 Å². The number of fused-ring (bicyclic) bond motifs is 1. The van der Waals surface area contributed by atoms with Crippen molar-refractivity contribution < 1.29 is 9.53 Å². The van der Waals surface area contributed by atoms with E-state index in [4.69, 9.17) is 10.5 Å². The van der Waals surface area contributed by atoms with Gasteiger partial charge in [-0.1, -0.05) is 12.1 Å². The fourth-order valence-electron chi connectivity index (χ4n) is 1.92. The first-order valence-corrected chi connectivity index (χ1v) is 5.04. The Morgan fingerprint density at radius 3 is 2.88 bits per heavy atom. The molecule has 2 N–H and O–H groups in total. The first-order chi connectivity index (χ1) is 7.69. The van der Waals surface area contributed by atoms with Gasteiger partial charge in [0.15, 0.2) is 5.78 Å². The molecule has 0 atom stereocenters. The van der Waals surface area contributed by atoms with Gasteiger partial charge in [-0.15, -0.1) is 0 Å². The van der Waals surface area contributed by atoms with Crippen molar-refractivity contribution in [3.05, 3.63) is 30.0 Å². The molecule has 0 unspecified atom stereocenters. The highest BCUT2D eigenvalue weighted by atomic mass is 16.5. The predicted octanol–water partition coefficient (Wildman–Crippen LogP) is 1.33. The quantitative estimate of drug-likeness (QED) is 0.791. The molecule has 84 valence electrons. The number of nitrogens with two attached hydrogens (primary N) is 1. The molecule has 0 saturated heterocycles. The van der Waals surface area contributed by atoms with Crippen LogP contribution in [-0.4, -0.2) is 24.0 Å². The molecule has 0 radical (unpaired) electrons. The lowest BCUT2D eigenvalue weighted by Gasteiger charge is -2.05. The summed E-state index contributed by atoms with van der Waals surface area (Å²) in [5.41, 5.74) is 6.90. The summed E-state index contributed by atoms with van der Waals surface area (Å²) in [5.74, 6) is 0.692. The number of hydrogen-bond donors (Lipinski definition) is 1. The zero-order chi connectivity index (χ0) is 11.7. The standard InChI is InChI=1S/C12H14N2O2/c1-14-9(10(15)7-13)6-8-4-3-5-11(16-2)12(8)14/h3-6H,7,13H2,1-2H3. The highest BCUT2D eigenvalue weighted by molar-refractivity contribution is 6.02. The van der Waals surface area contributed by atoms with E-state index in [0.29, 0.717) is 5.69 Å². The number of Topliss-reactive ketones (excluding diaryl/α,β-unsaturated/α-hetero) is 1. The number of ether oxygens (including phenoxy) is 1. The van der Waals surface area contributed by atoms with Gasteiger partial charge in [-0.25, -0.2) is 0 Å². The van der Waals surface area contributed by atoms with E-state index in [1.807, 2.05) is 35.9 Å². The maximum atomic E-state index is 11.6. The number of nitrogens with zero attached hydrogens (tertiary/aromatic N) is 1. The smallest absolute Gasteiger partial charge is 0.192 e. The summed E-state index contributed by atoms with van der Waals surface area (Å²) in [5, 5.41) is 0.985. The fourth-order valence-corrected chi connectivity index (χ4v) is 1.92. The van der Waals surface area contributed by atoms with E-state index in [1.165, 1.54) is 0 Å². The normalized spacial score (nSPS) is 10.7. The van der Waals surface area contributed by atoms with Crippen LogP contribution in [0.2, 0.25) is 0 Å². The Labute approximate surface area is 93.6 Å². The van der Waals surface area contributed by atoms with Crippen LogP contribution in [0.5, 0.6) is 5.75 Å². The molecule has 0 bridgehead atoms. The third-order valence-corrected chi connectivity index (χ3v) is 2.71. The van der Waals surface area contributed by atoms with Gasteiger partial charge < -0.3 is 15.0 Å². The molecule has 0 saturated carbocycles. The second-order valence-corrected chi connectivity index (χ2v) is 3.61. The Morgan fingerprint density at radius 1 is 1.50 bits per heavy atom. The lowest BCUT2D eigenvalue weighted by molar-refractivity contribution is 0.0994. The zero-order valence-corrected chi connectivity index (χ0v) is 9.36. The van der Waals surface area contributed by atoms with Gasteiger partial charge in [0.25, 0.3) is 0 Å². The van der Waals surface area contributed by atoms with Crippen molar-refractivity contribution in [1.29, 1.82) is 0 Å². The van der Waals surface area contributed by atoms with Crippen LogP contribution in [0.3, 0.4) is 0 Å². The van der Waals surface area contributed by atoms with E-state index >= 15 is 0 Å². The number of aryl methyl sites for hydroxylation is 1. The van der Waals surface area contributed by atoms with Crippen LogP contribution in [0.1, 0.15) is 10.5 Å². The first-order valence-electron chi connectivity index (χ1n) is 5.04. The molecule has 1 aromatic carbocycles. The predicted molar refractivity (Wildman–Crippen MR) is 62.9 cm³/mol. The summed E-state index contributed by atoms with van der Waals surface area (Å²) >= 11 is 0. The van der Waals surface area contributed by atoms with Gasteiger partial charge in [0.2, 0.25) is 0 Å². The Morgan fingerprint density at radius 2 is 2.25 bits per heavy atom. The third kappa shape index (κ3) is 1.47. The van der Waals surface area contributed by atoms with Gasteiger partial charge in [0.05, 0.1) is 24.9 Å². The number of carbonyl (C=O) groups excluding carboxylic acids is 1. The molecular weight excluding hydrogens is 204 g/mol. The molecule has 2 rings (SSSR count). The number of carbonyl (C=O) groups is 1. The third-order valence-electron chi connectivity index (χ3n) is 2.71. The van der Waals surface area contributed by atoms with E-state index in [2.05, 4.69) is 0 Å². The van der Waals surface area contributed by atoms with Gasteiger partial charge in [0, 0.05) is 12.4 Å². The van der Waals surface area contributed by atoms with E-state index in [-0.39, 0.29) is 12.3 Å². The number of rotatable bonds is 3. The Kier molecular flexibility index (Phi) is 2.66. The maximum Gasteiger partial charge on any atom is 0.192 e. The Balaban J connectivity index is 2.73. The lowest BCUT2D eigenvalue weighted by atomic mass is 10.2. The topological polar surface area (TPSA) is 57.2 Å². The van der Waals surface area contributed by atoms with Gasteiger partial charge >= 0.3 is 0 Å². The minimum atomic E-state index is -0.0687. The van der Waals surface area contributed by atoms with E-state index in [9.17, 15) is 4.79 Å². The fraction of sp³-hybridized carbons (Fsp3) is 0.250. The van der Waals surface area contributed by atoms with Crippen LogP contribution in [0.4, 0.5) is 0 Å². The van der Waals surface area contributed by atoms with E-state index in [0.717, 1.165) is 16.7 Å². The van der Waals surface area contributed by atoms with Crippen LogP contribution >= 0.6 is 0 Å². The van der Waals surface area contributed by atoms with Crippen molar-refractivity contribution in [2.75, 3.05) is 13.7 Å². The summed E-state index contributed by atoms with van der Waals surface area (Å²) in [7, 11) is 3.46. The summed E-state index contributed by atoms with van der Waals surface area (Å²) in [6, 6.07) is 7.56. The van der Waals surface area contributed by atoms with Gasteiger partial charge in [-0.05, 0) is 12.1 Å². The lowest BCUT2D eigenvalue weighted by Crippen LogP contribution is -2.16. The number of methoxy groups -OCH3 is 1. The minimum absolute atomic E-state index is 0.0203. The summed E-state index contributed by atoms with van der Waals surface area (Å²) < 4.78 is 7.09. The van der Waals surface area contributed by atoms with Gasteiger partial charge in [0.1, 0.15) is 5.75 Å². The molecule has 0 aliphatic carbocycles. The molecule has 1 aromatic heterocycles. The number of para-hydroxylation sites is 1. The van der Waals surface area contributed by atoms with Crippen LogP contribution in [0.25, 0.3) is 10.9 Å². The molecule has 0 spiro atoms. The largest absolute Gasteiger partial charge is 0.495 e. The van der Waals surface area contributed by atoms with Crippen molar-refractivity contribution in [3.63, 3.8) is 0 Å². The molecule has 2 aromatic rings. The number of hydrogen-bond acceptors (Lipinski definition) is 3. The first kappa shape index (κ1) is 10.7. The van der Waals surface area contributed by atoms with E-state index in [1.54, 1.807) is 7.11 Å². The Bertz CT molecular complexity index is 543. The van der Waals surface area contributed by atoms with Crippen LogP contribution in [0.15, 0.2) is 24.3 Å². The minimum Gasteiger partial charge on any atom is -0.495 e. The molecule has 16 heavy (non-hydrogen) atoms. The average molecular weight is 218 g/mol. The highest BCUT2D eigenvalue weighted by Gasteiger charge is 2.14. The molecule has 0 aliphatic heterocycles. The molecular formula is C12H14N2O2. The summed E-state index contributed by atoms with van der Waals surface area (Å²) in [6.07, 6.45) is 0. The van der Waals surface area contributed by atoms with Crippen molar-refractivity contribution in [2.45, 2.75) is 0 Å². The van der Waals surface area contributed by atoms with Crippen LogP contribution in [-0.2, 0) is 7.05 Å². The SMILES string of the molecule is COc1cccc2cc(C(=O)CN)n(C)c12. The number of benzene rings is 1. The highest BCUT2D eigenvalue weighted by Crippen LogP contribution is 2.27. The van der Waals surface area contributed by atoms with E-state index < -0.39 is 0 Å². The van der Waals surface area contributed by atoms with Crippen molar-refractivity contribution in [2.24, 2.45) is 12.8 Å². The average Bonchev–Trinajstić information content (AvgIpc) is 2.66. The summed E-state index contributed by atoms with van der Waals surface area (Å²) in [4.78, 5) is 11.6.